The molecule has 0 radical (unpaired) electrons. The largest absolute Gasteiger partial charge is 0.494 e. The Labute approximate surface area is 203 Å². The number of ether oxygens (including phenoxy) is 4. The molecule has 8 heteroatoms. The van der Waals surface area contributed by atoms with Crippen LogP contribution in [0, 0.1) is 5.82 Å². The Kier molecular flexibility index (Phi) is 8.34. The number of nitrogen functional groups attached to an aromatic ring is 1. The van der Waals surface area contributed by atoms with E-state index < -0.39 is 5.82 Å². The number of ketones is 1. The van der Waals surface area contributed by atoms with E-state index in [0.29, 0.717) is 39.8 Å². The van der Waals surface area contributed by atoms with Gasteiger partial charge >= 0.3 is 0 Å². The van der Waals surface area contributed by atoms with Crippen LogP contribution < -0.4 is 30.0 Å². The Morgan fingerprint density at radius 1 is 0.857 bits per heavy atom. The number of halogens is 1. The highest BCUT2D eigenvalue weighted by Gasteiger charge is 2.13. The average molecular weight is 479 g/mol. The van der Waals surface area contributed by atoms with Crippen LogP contribution >= 0.6 is 0 Å². The first-order valence-electron chi connectivity index (χ1n) is 10.6. The molecule has 0 fully saturated rings. The van der Waals surface area contributed by atoms with Crippen molar-refractivity contribution in [2.24, 2.45) is 0 Å². The highest BCUT2D eigenvalue weighted by atomic mass is 19.1. The van der Waals surface area contributed by atoms with Crippen molar-refractivity contribution >= 4 is 29.3 Å². The van der Waals surface area contributed by atoms with Crippen LogP contribution in [0.4, 0.5) is 15.8 Å². The number of carbonyl (C=O) groups is 1. The molecule has 0 aromatic heterocycles. The second-order valence-corrected chi connectivity index (χ2v) is 7.33. The lowest BCUT2D eigenvalue weighted by Crippen LogP contribution is -1.99. The van der Waals surface area contributed by atoms with Crippen molar-refractivity contribution in [3.8, 4) is 23.0 Å². The summed E-state index contributed by atoms with van der Waals surface area (Å²) >= 11 is 0. The lowest BCUT2D eigenvalue weighted by Gasteiger charge is -2.13. The van der Waals surface area contributed by atoms with Gasteiger partial charge in [0.15, 0.2) is 28.8 Å². The lowest BCUT2D eigenvalue weighted by molar-refractivity contribution is 0.104. The van der Waals surface area contributed by atoms with Gasteiger partial charge < -0.3 is 30.0 Å². The minimum atomic E-state index is -0.524. The predicted octanol–water partition coefficient (Wildman–Crippen LogP) is 5.42. The van der Waals surface area contributed by atoms with E-state index in [4.69, 9.17) is 24.7 Å². The Bertz CT molecular complexity index is 1230. The summed E-state index contributed by atoms with van der Waals surface area (Å²) in [4.78, 5) is 12.4. The van der Waals surface area contributed by atoms with Gasteiger partial charge in [-0.2, -0.15) is 0 Å². The molecule has 0 aliphatic rings. The summed E-state index contributed by atoms with van der Waals surface area (Å²) in [5.41, 5.74) is 8.55. The first kappa shape index (κ1) is 25.2. The third kappa shape index (κ3) is 6.11. The zero-order valence-electron chi connectivity index (χ0n) is 19.9. The van der Waals surface area contributed by atoms with Crippen molar-refractivity contribution in [1.29, 1.82) is 0 Å². The second kappa shape index (κ2) is 11.6. The van der Waals surface area contributed by atoms with E-state index in [1.165, 1.54) is 52.8 Å². The molecule has 35 heavy (non-hydrogen) atoms. The SMILES string of the molecule is COc1cc(NC=CC(=O)c2ccc(N)cc2)c(C=Cc2cc(OC)c(OC)c(OC)c2)cc1F. The molecule has 0 saturated heterocycles. The summed E-state index contributed by atoms with van der Waals surface area (Å²) in [6.45, 7) is 0. The van der Waals surface area contributed by atoms with E-state index in [9.17, 15) is 9.18 Å². The molecule has 0 aliphatic heterocycles. The van der Waals surface area contributed by atoms with E-state index in [1.54, 1.807) is 48.6 Å². The molecule has 182 valence electrons. The number of methoxy groups -OCH3 is 4. The Morgan fingerprint density at radius 2 is 1.49 bits per heavy atom. The highest BCUT2D eigenvalue weighted by molar-refractivity contribution is 6.04. The van der Waals surface area contributed by atoms with E-state index in [-0.39, 0.29) is 11.5 Å². The number of nitrogens with two attached hydrogens (primary N) is 1. The van der Waals surface area contributed by atoms with Crippen LogP contribution in [-0.2, 0) is 0 Å². The van der Waals surface area contributed by atoms with Gasteiger partial charge in [-0.05, 0) is 48.0 Å². The predicted molar refractivity (Wildman–Crippen MR) is 136 cm³/mol. The molecule has 0 saturated carbocycles. The van der Waals surface area contributed by atoms with Gasteiger partial charge in [-0.15, -0.1) is 0 Å². The number of hydrogen-bond acceptors (Lipinski definition) is 7. The minimum Gasteiger partial charge on any atom is -0.494 e. The van der Waals surface area contributed by atoms with Crippen LogP contribution in [0.3, 0.4) is 0 Å². The minimum absolute atomic E-state index is 0.0655. The average Bonchev–Trinajstić information content (AvgIpc) is 2.87. The first-order valence-corrected chi connectivity index (χ1v) is 10.6. The van der Waals surface area contributed by atoms with Crippen LogP contribution in [0.15, 0.2) is 60.8 Å². The maximum atomic E-state index is 14.5. The van der Waals surface area contributed by atoms with Crippen molar-refractivity contribution in [2.75, 3.05) is 39.5 Å². The summed E-state index contributed by atoms with van der Waals surface area (Å²) in [5.74, 6) is 0.798. The topological polar surface area (TPSA) is 92.0 Å². The van der Waals surface area contributed by atoms with E-state index in [0.717, 1.165) is 5.56 Å². The molecule has 7 nitrogen and oxygen atoms in total. The molecular formula is C27H27FN2O5. The number of hydrogen-bond donors (Lipinski definition) is 2. The normalized spacial score (nSPS) is 11.0. The van der Waals surface area contributed by atoms with E-state index >= 15 is 0 Å². The van der Waals surface area contributed by atoms with Gasteiger partial charge in [-0.25, -0.2) is 4.39 Å². The maximum Gasteiger partial charge on any atom is 0.203 e. The zero-order chi connectivity index (χ0) is 25.4. The van der Waals surface area contributed by atoms with Crippen LogP contribution in [0.25, 0.3) is 12.2 Å². The molecule has 3 aromatic carbocycles. The molecule has 0 aliphatic carbocycles. The number of carbonyl (C=O) groups excluding carboxylic acids is 1. The molecule has 0 spiro atoms. The van der Waals surface area contributed by atoms with Gasteiger partial charge in [0.2, 0.25) is 5.75 Å². The Hall–Kier alpha value is -4.46. The van der Waals surface area contributed by atoms with Crippen LogP contribution in [0.5, 0.6) is 23.0 Å². The van der Waals surface area contributed by atoms with Crippen molar-refractivity contribution in [3.63, 3.8) is 0 Å². The number of nitrogens with one attached hydrogen (secondary N) is 1. The monoisotopic (exact) mass is 478 g/mol. The molecule has 0 atom stereocenters. The molecule has 0 heterocycles. The fourth-order valence-corrected chi connectivity index (χ4v) is 3.32. The van der Waals surface area contributed by atoms with Gasteiger partial charge in [0.1, 0.15) is 0 Å². The Morgan fingerprint density at radius 3 is 2.06 bits per heavy atom. The number of rotatable bonds is 10. The standard InChI is InChI=1S/C27H27FN2O5/c1-32-24-16-22(30-12-11-23(31)18-7-9-20(29)10-8-18)19(15-21(24)28)6-5-17-13-25(33-2)27(35-4)26(14-17)34-3/h5-16,30H,29H2,1-4H3. The lowest BCUT2D eigenvalue weighted by atomic mass is 10.1. The molecule has 0 bridgehead atoms. The van der Waals surface area contributed by atoms with Crippen LogP contribution in [0.1, 0.15) is 21.5 Å². The van der Waals surface area contributed by atoms with Gasteiger partial charge in [-0.3, -0.25) is 4.79 Å². The third-order valence-electron chi connectivity index (χ3n) is 5.14. The number of allylic oxidation sites excluding steroid dienone is 1. The number of benzene rings is 3. The first-order chi connectivity index (χ1) is 16.9. The zero-order valence-corrected chi connectivity index (χ0v) is 19.9. The molecule has 0 amide bonds. The van der Waals surface area contributed by atoms with Crippen molar-refractivity contribution in [1.82, 2.24) is 0 Å². The quantitative estimate of drug-likeness (QED) is 0.174. The highest BCUT2D eigenvalue weighted by Crippen LogP contribution is 2.39. The summed E-state index contributed by atoms with van der Waals surface area (Å²) in [5, 5.41) is 3.03. The summed E-state index contributed by atoms with van der Waals surface area (Å²) in [7, 11) is 5.97. The fraction of sp³-hybridized carbons (Fsp3) is 0.148. The van der Waals surface area contributed by atoms with Crippen LogP contribution in [-0.4, -0.2) is 34.2 Å². The summed E-state index contributed by atoms with van der Waals surface area (Å²) < 4.78 is 35.7. The van der Waals surface area contributed by atoms with E-state index in [1.807, 2.05) is 0 Å². The van der Waals surface area contributed by atoms with Gasteiger partial charge in [0.05, 0.1) is 28.4 Å². The molecule has 3 N–H and O–H groups in total. The Balaban J connectivity index is 1.90. The maximum absolute atomic E-state index is 14.5. The molecule has 3 rings (SSSR count). The van der Waals surface area contributed by atoms with Crippen LogP contribution in [0.2, 0.25) is 0 Å². The molecular weight excluding hydrogens is 451 g/mol. The van der Waals surface area contributed by atoms with Gasteiger partial charge in [0.25, 0.3) is 0 Å². The van der Waals surface area contributed by atoms with Gasteiger partial charge in [-0.1, -0.05) is 12.2 Å². The van der Waals surface area contributed by atoms with E-state index in [2.05, 4.69) is 5.32 Å². The molecule has 3 aromatic rings. The van der Waals surface area contributed by atoms with Crippen molar-refractivity contribution < 1.29 is 28.1 Å². The second-order valence-electron chi connectivity index (χ2n) is 7.33. The fourth-order valence-electron chi connectivity index (χ4n) is 3.32. The summed E-state index contributed by atoms with van der Waals surface area (Å²) in [6.07, 6.45) is 6.37. The molecule has 0 unspecified atom stereocenters. The van der Waals surface area contributed by atoms with Gasteiger partial charge in [0, 0.05) is 40.8 Å². The smallest absolute Gasteiger partial charge is 0.203 e. The van der Waals surface area contributed by atoms with Crippen molar-refractivity contribution in [2.45, 2.75) is 0 Å². The van der Waals surface area contributed by atoms with Crippen molar-refractivity contribution in [3.05, 3.63) is 83.3 Å². The summed E-state index contributed by atoms with van der Waals surface area (Å²) in [6, 6.07) is 13.0. The number of anilines is 2. The third-order valence-corrected chi connectivity index (χ3v) is 5.14.